The van der Waals surface area contributed by atoms with Crippen LogP contribution in [0.2, 0.25) is 0 Å². The number of nitrogens with zero attached hydrogens (tertiary/aromatic N) is 1. The second kappa shape index (κ2) is 5.17. The highest BCUT2D eigenvalue weighted by Crippen LogP contribution is 2.34. The number of nitrogens with one attached hydrogen (secondary N) is 1. The van der Waals surface area contributed by atoms with Gasteiger partial charge in [-0.2, -0.15) is 0 Å². The van der Waals surface area contributed by atoms with Gasteiger partial charge in [-0.15, -0.1) is 11.6 Å². The largest absolute Gasteiger partial charge is 0.345 e. The van der Waals surface area contributed by atoms with E-state index in [9.17, 15) is 14.9 Å². The van der Waals surface area contributed by atoms with E-state index < -0.39 is 16.4 Å². The first-order valence-corrected chi connectivity index (χ1v) is 6.65. The van der Waals surface area contributed by atoms with E-state index in [0.717, 1.165) is 19.3 Å². The van der Waals surface area contributed by atoms with Gasteiger partial charge in [-0.25, -0.2) is 0 Å². The monoisotopic (exact) mass is 282 g/mol. The Labute approximate surface area is 116 Å². The molecule has 0 radical (unpaired) electrons. The summed E-state index contributed by atoms with van der Waals surface area (Å²) < 4.78 is 0. The number of nitro benzene ring substituents is 1. The van der Waals surface area contributed by atoms with E-state index >= 15 is 0 Å². The Morgan fingerprint density at radius 3 is 2.68 bits per heavy atom. The molecule has 0 aromatic heterocycles. The van der Waals surface area contributed by atoms with E-state index in [1.165, 1.54) is 6.07 Å². The van der Waals surface area contributed by atoms with Crippen molar-refractivity contribution in [3.63, 3.8) is 0 Å². The third-order valence-corrected chi connectivity index (χ3v) is 4.13. The van der Waals surface area contributed by atoms with Crippen LogP contribution in [0, 0.1) is 17.0 Å². The molecule has 1 amide bonds. The number of benzene rings is 1. The van der Waals surface area contributed by atoms with Crippen molar-refractivity contribution in [1.29, 1.82) is 0 Å². The third-order valence-electron chi connectivity index (χ3n) is 3.62. The quantitative estimate of drug-likeness (QED) is 0.524. The zero-order valence-electron chi connectivity index (χ0n) is 10.6. The highest BCUT2D eigenvalue weighted by Gasteiger charge is 2.39. The van der Waals surface area contributed by atoms with Gasteiger partial charge < -0.3 is 5.32 Å². The normalized spacial score (nSPS) is 16.5. The van der Waals surface area contributed by atoms with Gasteiger partial charge >= 0.3 is 0 Å². The highest BCUT2D eigenvalue weighted by molar-refractivity contribution is 6.19. The first-order chi connectivity index (χ1) is 8.99. The molecular formula is C13H15ClN2O3. The van der Waals surface area contributed by atoms with Crippen LogP contribution in [0.25, 0.3) is 0 Å². The first kappa shape index (κ1) is 13.8. The SMILES string of the molecule is Cc1cccc([N+](=O)[O-])c1C(=O)NC1(CCl)CCC1. The van der Waals surface area contributed by atoms with Crippen LogP contribution in [0.5, 0.6) is 0 Å². The van der Waals surface area contributed by atoms with Crippen molar-refractivity contribution >= 4 is 23.2 Å². The van der Waals surface area contributed by atoms with E-state index in [-0.39, 0.29) is 11.3 Å². The lowest BCUT2D eigenvalue weighted by atomic mass is 9.78. The maximum absolute atomic E-state index is 12.3. The van der Waals surface area contributed by atoms with E-state index in [4.69, 9.17) is 11.6 Å². The van der Waals surface area contributed by atoms with Crippen LogP contribution in [0.4, 0.5) is 5.69 Å². The van der Waals surface area contributed by atoms with Crippen LogP contribution in [0.1, 0.15) is 35.2 Å². The summed E-state index contributed by atoms with van der Waals surface area (Å²) in [6.07, 6.45) is 2.66. The number of hydrogen-bond acceptors (Lipinski definition) is 3. The molecule has 1 aliphatic rings. The predicted molar refractivity (Wildman–Crippen MR) is 72.6 cm³/mol. The van der Waals surface area contributed by atoms with Gasteiger partial charge in [-0.3, -0.25) is 14.9 Å². The second-order valence-corrected chi connectivity index (χ2v) is 5.22. The van der Waals surface area contributed by atoms with Crippen molar-refractivity contribution in [2.45, 2.75) is 31.7 Å². The molecule has 0 bridgehead atoms. The number of carbonyl (C=O) groups excluding carboxylic acids is 1. The van der Waals surface area contributed by atoms with Gasteiger partial charge in [0.15, 0.2) is 0 Å². The molecule has 19 heavy (non-hydrogen) atoms. The van der Waals surface area contributed by atoms with E-state index in [1.54, 1.807) is 19.1 Å². The van der Waals surface area contributed by atoms with E-state index in [0.29, 0.717) is 11.4 Å². The lowest BCUT2D eigenvalue weighted by molar-refractivity contribution is -0.385. The highest BCUT2D eigenvalue weighted by atomic mass is 35.5. The van der Waals surface area contributed by atoms with Gasteiger partial charge in [-0.1, -0.05) is 12.1 Å². The average molecular weight is 283 g/mol. The molecule has 0 heterocycles. The first-order valence-electron chi connectivity index (χ1n) is 6.11. The van der Waals surface area contributed by atoms with Gasteiger partial charge in [0.2, 0.25) is 0 Å². The predicted octanol–water partition coefficient (Wildman–Crippen LogP) is 2.79. The Balaban J connectivity index is 2.31. The van der Waals surface area contributed by atoms with Gasteiger partial charge in [0, 0.05) is 11.9 Å². The molecule has 102 valence electrons. The molecule has 1 aromatic carbocycles. The van der Waals surface area contributed by atoms with Crippen molar-refractivity contribution in [1.82, 2.24) is 5.32 Å². The summed E-state index contributed by atoms with van der Waals surface area (Å²) in [5.74, 6) is -0.0801. The summed E-state index contributed by atoms with van der Waals surface area (Å²) in [6, 6.07) is 4.61. The number of aryl methyl sites for hydroxylation is 1. The summed E-state index contributed by atoms with van der Waals surface area (Å²) in [5.41, 5.74) is 0.163. The molecule has 1 N–H and O–H groups in total. The van der Waals surface area contributed by atoms with Gasteiger partial charge in [0.1, 0.15) is 5.56 Å². The number of hydrogen-bond donors (Lipinski definition) is 1. The third kappa shape index (κ3) is 2.56. The molecule has 0 aliphatic heterocycles. The molecule has 0 unspecified atom stereocenters. The minimum absolute atomic E-state index is 0.129. The smallest absolute Gasteiger partial charge is 0.282 e. The zero-order chi connectivity index (χ0) is 14.0. The Hall–Kier alpha value is -1.62. The number of amides is 1. The molecule has 0 saturated heterocycles. The second-order valence-electron chi connectivity index (χ2n) is 4.95. The van der Waals surface area contributed by atoms with Crippen molar-refractivity contribution in [2.24, 2.45) is 0 Å². The molecule has 0 atom stereocenters. The molecule has 0 spiro atoms. The number of nitro groups is 1. The molecule has 1 aliphatic carbocycles. The minimum atomic E-state index is -0.532. The maximum atomic E-state index is 12.3. The molecule has 1 fully saturated rings. The van der Waals surface area contributed by atoms with Gasteiger partial charge in [-0.05, 0) is 31.7 Å². The van der Waals surface area contributed by atoms with Gasteiger partial charge in [0.05, 0.1) is 10.5 Å². The maximum Gasteiger partial charge on any atom is 0.282 e. The fourth-order valence-corrected chi connectivity index (χ4v) is 2.63. The molecule has 6 heteroatoms. The Morgan fingerprint density at radius 1 is 1.53 bits per heavy atom. The van der Waals surface area contributed by atoms with Crippen LogP contribution >= 0.6 is 11.6 Å². The topological polar surface area (TPSA) is 72.2 Å². The average Bonchev–Trinajstić information content (AvgIpc) is 2.33. The van der Waals surface area contributed by atoms with Crippen LogP contribution in [-0.2, 0) is 0 Å². The van der Waals surface area contributed by atoms with Crippen LogP contribution in [0.15, 0.2) is 18.2 Å². The zero-order valence-corrected chi connectivity index (χ0v) is 11.4. The molecule has 5 nitrogen and oxygen atoms in total. The molecule has 1 saturated carbocycles. The standard InChI is InChI=1S/C13H15ClN2O3/c1-9-4-2-5-10(16(18)19)11(9)12(17)15-13(8-14)6-3-7-13/h2,4-5H,3,6-8H2,1H3,(H,15,17). The molecule has 1 aromatic rings. The minimum Gasteiger partial charge on any atom is -0.345 e. The van der Waals surface area contributed by atoms with Crippen LogP contribution in [0.3, 0.4) is 0 Å². The number of carbonyl (C=O) groups is 1. The summed E-state index contributed by atoms with van der Waals surface area (Å²) in [6.45, 7) is 1.69. The van der Waals surface area contributed by atoms with Crippen LogP contribution in [-0.4, -0.2) is 22.2 Å². The van der Waals surface area contributed by atoms with Crippen molar-refractivity contribution in [2.75, 3.05) is 5.88 Å². The fraction of sp³-hybridized carbons (Fsp3) is 0.462. The lowest BCUT2D eigenvalue weighted by Gasteiger charge is -2.41. The summed E-state index contributed by atoms with van der Waals surface area (Å²) >= 11 is 5.89. The fourth-order valence-electron chi connectivity index (χ4n) is 2.30. The van der Waals surface area contributed by atoms with E-state index in [1.807, 2.05) is 0 Å². The lowest BCUT2D eigenvalue weighted by Crippen LogP contribution is -2.55. The summed E-state index contributed by atoms with van der Waals surface area (Å²) in [7, 11) is 0. The molecule has 2 rings (SSSR count). The van der Waals surface area contributed by atoms with Crippen molar-refractivity contribution < 1.29 is 9.72 Å². The Bertz CT molecular complexity index is 521. The summed E-state index contributed by atoms with van der Waals surface area (Å²) in [4.78, 5) is 22.7. The van der Waals surface area contributed by atoms with E-state index in [2.05, 4.69) is 5.32 Å². The number of alkyl halides is 1. The Morgan fingerprint density at radius 2 is 2.21 bits per heavy atom. The van der Waals surface area contributed by atoms with Gasteiger partial charge in [0.25, 0.3) is 11.6 Å². The van der Waals surface area contributed by atoms with Crippen LogP contribution < -0.4 is 5.32 Å². The number of halogens is 1. The summed E-state index contributed by atoms with van der Waals surface area (Å²) in [5, 5.41) is 13.9. The van der Waals surface area contributed by atoms with Crippen molar-refractivity contribution in [3.05, 3.63) is 39.4 Å². The molecular weight excluding hydrogens is 268 g/mol. The number of rotatable bonds is 4. The van der Waals surface area contributed by atoms with Crippen molar-refractivity contribution in [3.8, 4) is 0 Å². The Kier molecular flexibility index (Phi) is 3.75.